The van der Waals surface area contributed by atoms with Crippen LogP contribution in [-0.2, 0) is 17.9 Å². The maximum atomic E-state index is 12.6. The summed E-state index contributed by atoms with van der Waals surface area (Å²) in [5.74, 6) is 1.09. The first kappa shape index (κ1) is 25.3. The van der Waals surface area contributed by atoms with Crippen molar-refractivity contribution >= 4 is 41.5 Å². The number of anilines is 1. The van der Waals surface area contributed by atoms with Crippen LogP contribution in [0.2, 0.25) is 0 Å². The monoisotopic (exact) mass is 561 g/mol. The van der Waals surface area contributed by atoms with Crippen molar-refractivity contribution in [2.45, 2.75) is 51.7 Å². The standard InChI is InChI=1S/C26H35N5O.HI/c1-2-27-26(29-23-14-17-30(18-15-23)24-11-4-3-5-12-24)28-16-8-13-25(32)31-19-21-9-6-7-10-22(21)20-31;/h3-7,9-12,23H,2,8,13-20H2,1H3,(H2,27,28,29);1H. The largest absolute Gasteiger partial charge is 0.371 e. The molecule has 1 saturated heterocycles. The van der Waals surface area contributed by atoms with Gasteiger partial charge in [0.1, 0.15) is 0 Å². The van der Waals surface area contributed by atoms with Gasteiger partial charge in [-0.15, -0.1) is 24.0 Å². The van der Waals surface area contributed by atoms with Crippen LogP contribution >= 0.6 is 24.0 Å². The number of piperidine rings is 1. The maximum Gasteiger partial charge on any atom is 0.223 e. The molecule has 0 radical (unpaired) electrons. The zero-order valence-electron chi connectivity index (χ0n) is 19.5. The molecule has 2 aliphatic heterocycles. The predicted octanol–water partition coefficient (Wildman–Crippen LogP) is 4.15. The molecule has 0 unspecified atom stereocenters. The quantitative estimate of drug-likeness (QED) is 0.231. The maximum absolute atomic E-state index is 12.6. The predicted molar refractivity (Wildman–Crippen MR) is 146 cm³/mol. The Morgan fingerprint density at radius 2 is 1.64 bits per heavy atom. The van der Waals surface area contributed by atoms with Gasteiger partial charge in [0.15, 0.2) is 5.96 Å². The zero-order chi connectivity index (χ0) is 22.2. The number of halogens is 1. The van der Waals surface area contributed by atoms with Gasteiger partial charge in [-0.2, -0.15) is 0 Å². The third kappa shape index (κ3) is 7.09. The highest BCUT2D eigenvalue weighted by molar-refractivity contribution is 14.0. The summed E-state index contributed by atoms with van der Waals surface area (Å²) in [5.41, 5.74) is 3.85. The molecule has 0 atom stereocenters. The Hall–Kier alpha value is -2.29. The first-order valence-corrected chi connectivity index (χ1v) is 11.9. The Bertz CT molecular complexity index is 887. The van der Waals surface area contributed by atoms with Crippen LogP contribution in [0.1, 0.15) is 43.7 Å². The minimum absolute atomic E-state index is 0. The number of hydrogen-bond donors (Lipinski definition) is 2. The summed E-state index contributed by atoms with van der Waals surface area (Å²) < 4.78 is 0. The summed E-state index contributed by atoms with van der Waals surface area (Å²) >= 11 is 0. The van der Waals surface area contributed by atoms with E-state index in [0.29, 0.717) is 19.0 Å². The second-order valence-corrected chi connectivity index (χ2v) is 8.62. The lowest BCUT2D eigenvalue weighted by atomic mass is 10.0. The fourth-order valence-corrected chi connectivity index (χ4v) is 4.52. The second-order valence-electron chi connectivity index (χ2n) is 8.62. The molecule has 2 aliphatic rings. The van der Waals surface area contributed by atoms with E-state index in [9.17, 15) is 4.79 Å². The molecule has 0 saturated carbocycles. The highest BCUT2D eigenvalue weighted by Gasteiger charge is 2.22. The van der Waals surface area contributed by atoms with Crippen molar-refractivity contribution < 1.29 is 4.79 Å². The van der Waals surface area contributed by atoms with Gasteiger partial charge < -0.3 is 20.4 Å². The van der Waals surface area contributed by atoms with E-state index >= 15 is 0 Å². The van der Waals surface area contributed by atoms with Gasteiger partial charge in [0.25, 0.3) is 0 Å². The van der Waals surface area contributed by atoms with Gasteiger partial charge in [-0.25, -0.2) is 0 Å². The number of carbonyl (C=O) groups excluding carboxylic acids is 1. The number of aliphatic imine (C=N–C) groups is 1. The van der Waals surface area contributed by atoms with Crippen molar-refractivity contribution in [3.05, 3.63) is 65.7 Å². The van der Waals surface area contributed by atoms with Crippen LogP contribution in [0.15, 0.2) is 59.6 Å². The van der Waals surface area contributed by atoms with Crippen molar-refractivity contribution in [3.63, 3.8) is 0 Å². The number of carbonyl (C=O) groups is 1. The number of hydrogen-bond acceptors (Lipinski definition) is 3. The van der Waals surface area contributed by atoms with Crippen LogP contribution in [0.4, 0.5) is 5.69 Å². The first-order chi connectivity index (χ1) is 15.7. The van der Waals surface area contributed by atoms with Crippen LogP contribution in [0.25, 0.3) is 0 Å². The van der Waals surface area contributed by atoms with E-state index < -0.39 is 0 Å². The topological polar surface area (TPSA) is 60.0 Å². The highest BCUT2D eigenvalue weighted by atomic mass is 127. The molecule has 4 rings (SSSR count). The Morgan fingerprint density at radius 3 is 2.27 bits per heavy atom. The van der Waals surface area contributed by atoms with Gasteiger partial charge >= 0.3 is 0 Å². The fourth-order valence-electron chi connectivity index (χ4n) is 4.52. The molecule has 2 aromatic carbocycles. The molecule has 0 bridgehead atoms. The molecule has 33 heavy (non-hydrogen) atoms. The molecule has 2 N–H and O–H groups in total. The molecule has 0 aliphatic carbocycles. The molecule has 0 spiro atoms. The molecule has 1 amide bonds. The van der Waals surface area contributed by atoms with Crippen molar-refractivity contribution in [1.29, 1.82) is 0 Å². The summed E-state index contributed by atoms with van der Waals surface area (Å²) in [6, 6.07) is 19.4. The van der Waals surface area contributed by atoms with Crippen molar-refractivity contribution in [1.82, 2.24) is 15.5 Å². The Morgan fingerprint density at radius 1 is 1.00 bits per heavy atom. The third-order valence-corrected chi connectivity index (χ3v) is 6.31. The molecule has 7 heteroatoms. The molecule has 2 aromatic rings. The molecule has 2 heterocycles. The number of guanidine groups is 1. The van der Waals surface area contributed by atoms with E-state index in [1.165, 1.54) is 16.8 Å². The van der Waals surface area contributed by atoms with E-state index in [4.69, 9.17) is 4.99 Å². The van der Waals surface area contributed by atoms with Gasteiger partial charge in [0.05, 0.1) is 0 Å². The van der Waals surface area contributed by atoms with Crippen LogP contribution in [-0.4, -0.2) is 49.0 Å². The molecule has 1 fully saturated rings. The van der Waals surface area contributed by atoms with E-state index in [-0.39, 0.29) is 29.9 Å². The van der Waals surface area contributed by atoms with Crippen LogP contribution in [0, 0.1) is 0 Å². The molecular weight excluding hydrogens is 525 g/mol. The van der Waals surface area contributed by atoms with Crippen molar-refractivity contribution in [3.8, 4) is 0 Å². The minimum Gasteiger partial charge on any atom is -0.371 e. The fraction of sp³-hybridized carbons (Fsp3) is 0.462. The lowest BCUT2D eigenvalue weighted by Crippen LogP contribution is -2.48. The summed E-state index contributed by atoms with van der Waals surface area (Å²) in [6.07, 6.45) is 3.50. The number of rotatable bonds is 7. The molecular formula is C26H36IN5O. The van der Waals surface area contributed by atoms with Gasteiger partial charge in [0, 0.05) is 57.4 Å². The van der Waals surface area contributed by atoms with Crippen molar-refractivity contribution in [2.24, 2.45) is 4.99 Å². The second kappa shape index (κ2) is 12.8. The van der Waals surface area contributed by atoms with Gasteiger partial charge in [-0.1, -0.05) is 42.5 Å². The van der Waals surface area contributed by atoms with Gasteiger partial charge in [-0.3, -0.25) is 9.79 Å². The van der Waals surface area contributed by atoms with Crippen molar-refractivity contribution in [2.75, 3.05) is 31.1 Å². The summed E-state index contributed by atoms with van der Waals surface area (Å²) in [6.45, 7) is 7.16. The lowest BCUT2D eigenvalue weighted by molar-refractivity contribution is -0.131. The van der Waals surface area contributed by atoms with Crippen LogP contribution in [0.3, 0.4) is 0 Å². The van der Waals surface area contributed by atoms with E-state index in [1.807, 2.05) is 17.0 Å². The number of nitrogens with one attached hydrogen (secondary N) is 2. The number of fused-ring (bicyclic) bond motifs is 1. The number of amides is 1. The third-order valence-electron chi connectivity index (χ3n) is 6.31. The van der Waals surface area contributed by atoms with Crippen LogP contribution < -0.4 is 15.5 Å². The van der Waals surface area contributed by atoms with Crippen LogP contribution in [0.5, 0.6) is 0 Å². The zero-order valence-corrected chi connectivity index (χ0v) is 21.8. The number of nitrogens with zero attached hydrogens (tertiary/aromatic N) is 3. The first-order valence-electron chi connectivity index (χ1n) is 11.9. The van der Waals surface area contributed by atoms with Gasteiger partial charge in [0.2, 0.25) is 5.91 Å². The summed E-state index contributed by atoms with van der Waals surface area (Å²) in [7, 11) is 0. The van der Waals surface area contributed by atoms with E-state index in [1.54, 1.807) is 0 Å². The van der Waals surface area contributed by atoms with E-state index in [2.05, 4.69) is 64.9 Å². The summed E-state index contributed by atoms with van der Waals surface area (Å²) in [5, 5.41) is 6.96. The molecule has 0 aromatic heterocycles. The van der Waals surface area contributed by atoms with Gasteiger partial charge in [-0.05, 0) is 49.4 Å². The number of para-hydroxylation sites is 1. The average molecular weight is 562 g/mol. The summed E-state index contributed by atoms with van der Waals surface area (Å²) in [4.78, 5) is 21.7. The highest BCUT2D eigenvalue weighted by Crippen LogP contribution is 2.23. The normalized spacial score (nSPS) is 16.2. The lowest BCUT2D eigenvalue weighted by Gasteiger charge is -2.34. The molecule has 6 nitrogen and oxygen atoms in total. The smallest absolute Gasteiger partial charge is 0.223 e. The average Bonchev–Trinajstić information content (AvgIpc) is 3.27. The Labute approximate surface area is 214 Å². The Kier molecular flexibility index (Phi) is 9.84. The molecule has 178 valence electrons. The SMILES string of the molecule is CCNC(=NCCCC(=O)N1Cc2ccccc2C1)NC1CCN(c2ccccc2)CC1.I. The minimum atomic E-state index is 0. The van der Waals surface area contributed by atoms with E-state index in [0.717, 1.165) is 57.9 Å². The Balaban J connectivity index is 0.00000306. The number of benzene rings is 2.